The predicted octanol–water partition coefficient (Wildman–Crippen LogP) is 2.39. The first-order chi connectivity index (χ1) is 6.29. The van der Waals surface area contributed by atoms with Gasteiger partial charge < -0.3 is 5.32 Å². The van der Waals surface area contributed by atoms with Gasteiger partial charge in [0.05, 0.1) is 0 Å². The van der Waals surface area contributed by atoms with E-state index >= 15 is 0 Å². The van der Waals surface area contributed by atoms with Crippen molar-refractivity contribution in [3.05, 3.63) is 12.7 Å². The second kappa shape index (κ2) is 5.99. The third-order valence-electron chi connectivity index (χ3n) is 2.42. The van der Waals surface area contributed by atoms with Crippen LogP contribution in [-0.2, 0) is 0 Å². The van der Waals surface area contributed by atoms with E-state index in [1.165, 1.54) is 11.5 Å². The average Bonchev–Trinajstić information content (AvgIpc) is 2.16. The maximum Gasteiger partial charge on any atom is 0.0320 e. The van der Waals surface area contributed by atoms with Gasteiger partial charge in [0.1, 0.15) is 0 Å². The molecule has 0 aromatic rings. The molecule has 3 atom stereocenters. The van der Waals surface area contributed by atoms with Crippen LogP contribution in [0.15, 0.2) is 12.7 Å². The van der Waals surface area contributed by atoms with Crippen LogP contribution in [0.3, 0.4) is 0 Å². The Morgan fingerprint density at radius 3 is 2.77 bits per heavy atom. The largest absolute Gasteiger partial charge is 0.316 e. The van der Waals surface area contributed by atoms with Gasteiger partial charge in [-0.2, -0.15) is 23.5 Å². The van der Waals surface area contributed by atoms with Crippen molar-refractivity contribution >= 4 is 23.5 Å². The summed E-state index contributed by atoms with van der Waals surface area (Å²) in [7, 11) is 2.06. The van der Waals surface area contributed by atoms with Gasteiger partial charge in [0, 0.05) is 28.0 Å². The molecule has 0 saturated carbocycles. The zero-order valence-electron chi connectivity index (χ0n) is 8.45. The Morgan fingerprint density at radius 1 is 1.54 bits per heavy atom. The van der Waals surface area contributed by atoms with Gasteiger partial charge in [-0.25, -0.2) is 0 Å². The van der Waals surface area contributed by atoms with E-state index < -0.39 is 0 Å². The molecular weight excluding hydrogens is 198 g/mol. The van der Waals surface area contributed by atoms with Gasteiger partial charge in [-0.1, -0.05) is 13.0 Å². The summed E-state index contributed by atoms with van der Waals surface area (Å²) in [5, 5.41) is 4.92. The quantitative estimate of drug-likeness (QED) is 0.726. The minimum absolute atomic E-state index is 0.602. The molecule has 1 N–H and O–H groups in total. The van der Waals surface area contributed by atoms with Crippen molar-refractivity contribution in [3.8, 4) is 0 Å². The Balaban J connectivity index is 2.49. The van der Waals surface area contributed by atoms with Gasteiger partial charge in [0.2, 0.25) is 0 Å². The van der Waals surface area contributed by atoms with Crippen molar-refractivity contribution in [3.63, 3.8) is 0 Å². The smallest absolute Gasteiger partial charge is 0.0320 e. The molecule has 13 heavy (non-hydrogen) atoms. The van der Waals surface area contributed by atoms with Crippen molar-refractivity contribution in [2.75, 3.05) is 18.6 Å². The lowest BCUT2D eigenvalue weighted by atomic mass is 10.1. The highest BCUT2D eigenvalue weighted by atomic mass is 32.2. The average molecular weight is 217 g/mol. The molecule has 0 aliphatic carbocycles. The highest BCUT2D eigenvalue weighted by Gasteiger charge is 2.28. The molecule has 3 unspecified atom stereocenters. The van der Waals surface area contributed by atoms with Crippen molar-refractivity contribution in [1.29, 1.82) is 0 Å². The fourth-order valence-corrected chi connectivity index (χ4v) is 4.70. The zero-order valence-corrected chi connectivity index (χ0v) is 10.1. The summed E-state index contributed by atoms with van der Waals surface area (Å²) >= 11 is 4.21. The minimum atomic E-state index is 0.602. The Kier molecular flexibility index (Phi) is 5.29. The normalized spacial score (nSPS) is 31.2. The third-order valence-corrected chi connectivity index (χ3v) is 5.68. The maximum absolute atomic E-state index is 3.81. The van der Waals surface area contributed by atoms with Crippen LogP contribution in [0.25, 0.3) is 0 Å². The van der Waals surface area contributed by atoms with Gasteiger partial charge in [-0.05, 0) is 13.5 Å². The molecule has 0 radical (unpaired) electrons. The number of hydrogen-bond donors (Lipinski definition) is 1. The van der Waals surface area contributed by atoms with Crippen LogP contribution in [0.5, 0.6) is 0 Å². The zero-order chi connectivity index (χ0) is 9.68. The number of rotatable bonds is 4. The first-order valence-corrected chi connectivity index (χ1v) is 6.90. The standard InChI is InChI=1S/C10H19NS2/c1-4-5-9(11-3)10-8(2)12-6-7-13-10/h4,8-11H,1,5-7H2,2-3H3. The topological polar surface area (TPSA) is 12.0 Å². The SMILES string of the molecule is C=CCC(NC)C1SCCSC1C. The summed E-state index contributed by atoms with van der Waals surface area (Å²) in [4.78, 5) is 0. The summed E-state index contributed by atoms with van der Waals surface area (Å²) in [6.07, 6.45) is 3.10. The summed E-state index contributed by atoms with van der Waals surface area (Å²) in [6.45, 7) is 6.15. The first kappa shape index (κ1) is 11.5. The van der Waals surface area contributed by atoms with E-state index in [1.807, 2.05) is 6.08 Å². The molecule has 0 amide bonds. The van der Waals surface area contributed by atoms with Gasteiger partial charge in [-0.15, -0.1) is 6.58 Å². The molecule has 1 aliphatic heterocycles. The Labute approximate surface area is 90.1 Å². The monoisotopic (exact) mass is 217 g/mol. The van der Waals surface area contributed by atoms with Crippen LogP contribution in [0.2, 0.25) is 0 Å². The van der Waals surface area contributed by atoms with Crippen LogP contribution in [0, 0.1) is 0 Å². The Hall–Kier alpha value is 0.400. The lowest BCUT2D eigenvalue weighted by molar-refractivity contribution is 0.539. The van der Waals surface area contributed by atoms with Gasteiger partial charge in [0.25, 0.3) is 0 Å². The highest BCUT2D eigenvalue weighted by molar-refractivity contribution is 8.07. The molecule has 1 aliphatic rings. The molecule has 76 valence electrons. The lowest BCUT2D eigenvalue weighted by Crippen LogP contribution is -2.42. The highest BCUT2D eigenvalue weighted by Crippen LogP contribution is 2.33. The molecule has 3 heteroatoms. The van der Waals surface area contributed by atoms with E-state index in [0.717, 1.165) is 16.9 Å². The fourth-order valence-electron chi connectivity index (χ4n) is 1.69. The number of thioether (sulfide) groups is 2. The minimum Gasteiger partial charge on any atom is -0.316 e. The lowest BCUT2D eigenvalue weighted by Gasteiger charge is -2.33. The molecule has 1 heterocycles. The van der Waals surface area contributed by atoms with Crippen molar-refractivity contribution in [2.45, 2.75) is 29.9 Å². The fraction of sp³-hybridized carbons (Fsp3) is 0.800. The Bertz CT molecular complexity index is 161. The molecule has 1 rings (SSSR count). The van der Waals surface area contributed by atoms with Crippen LogP contribution in [0.4, 0.5) is 0 Å². The maximum atomic E-state index is 3.81. The molecule has 1 fully saturated rings. The second-order valence-corrected chi connectivity index (χ2v) is 6.10. The van der Waals surface area contributed by atoms with Crippen LogP contribution in [0.1, 0.15) is 13.3 Å². The molecule has 1 nitrogen and oxygen atoms in total. The Morgan fingerprint density at radius 2 is 2.23 bits per heavy atom. The molecule has 0 aromatic heterocycles. The van der Waals surface area contributed by atoms with Gasteiger partial charge >= 0.3 is 0 Å². The molecule has 1 saturated heterocycles. The van der Waals surface area contributed by atoms with Gasteiger partial charge in [0.15, 0.2) is 0 Å². The van der Waals surface area contributed by atoms with Crippen molar-refractivity contribution in [2.24, 2.45) is 0 Å². The van der Waals surface area contributed by atoms with E-state index in [1.54, 1.807) is 0 Å². The molecule has 0 spiro atoms. The van der Waals surface area contributed by atoms with E-state index in [2.05, 4.69) is 49.4 Å². The summed E-state index contributed by atoms with van der Waals surface area (Å²) in [5.74, 6) is 2.61. The van der Waals surface area contributed by atoms with Crippen molar-refractivity contribution in [1.82, 2.24) is 5.32 Å². The summed E-state index contributed by atoms with van der Waals surface area (Å²) < 4.78 is 0. The van der Waals surface area contributed by atoms with Crippen LogP contribution in [-0.4, -0.2) is 35.1 Å². The number of hydrogen-bond acceptors (Lipinski definition) is 3. The van der Waals surface area contributed by atoms with E-state index in [4.69, 9.17) is 0 Å². The number of nitrogens with one attached hydrogen (secondary N) is 1. The van der Waals surface area contributed by atoms with Crippen LogP contribution < -0.4 is 5.32 Å². The van der Waals surface area contributed by atoms with E-state index in [9.17, 15) is 0 Å². The van der Waals surface area contributed by atoms with Crippen molar-refractivity contribution < 1.29 is 0 Å². The van der Waals surface area contributed by atoms with Gasteiger partial charge in [-0.3, -0.25) is 0 Å². The molecule has 0 aromatic carbocycles. The first-order valence-electron chi connectivity index (χ1n) is 4.81. The molecule has 0 bridgehead atoms. The van der Waals surface area contributed by atoms with Crippen LogP contribution >= 0.6 is 23.5 Å². The predicted molar refractivity (Wildman–Crippen MR) is 65.8 cm³/mol. The second-order valence-electron chi connectivity index (χ2n) is 3.33. The third kappa shape index (κ3) is 3.22. The van der Waals surface area contributed by atoms with E-state index in [-0.39, 0.29) is 0 Å². The molecular formula is C10H19NS2. The summed E-state index contributed by atoms with van der Waals surface area (Å²) in [5.41, 5.74) is 0. The summed E-state index contributed by atoms with van der Waals surface area (Å²) in [6, 6.07) is 0.602. The van der Waals surface area contributed by atoms with E-state index in [0.29, 0.717) is 6.04 Å².